The highest BCUT2D eigenvalue weighted by molar-refractivity contribution is 5.81. The average Bonchev–Trinajstić information content (AvgIpc) is 3.17. The molecule has 124 valence electrons. The van der Waals surface area contributed by atoms with Crippen LogP contribution in [0.4, 0.5) is 5.69 Å². The molecule has 0 fully saturated rings. The summed E-state index contributed by atoms with van der Waals surface area (Å²) in [4.78, 5) is 8.21. The molecule has 25 heavy (non-hydrogen) atoms. The average molecular weight is 334 g/mol. The van der Waals surface area contributed by atoms with Crippen molar-refractivity contribution in [3.63, 3.8) is 0 Å². The number of benzene rings is 2. The van der Waals surface area contributed by atoms with Gasteiger partial charge in [-0.1, -0.05) is 18.2 Å². The number of oxazole rings is 1. The summed E-state index contributed by atoms with van der Waals surface area (Å²) in [5, 5.41) is 11.3. The molecule has 0 atom stereocenters. The van der Waals surface area contributed by atoms with Crippen molar-refractivity contribution >= 4 is 11.7 Å². The number of nitrogens with one attached hydrogen (secondary N) is 1. The van der Waals surface area contributed by atoms with E-state index in [0.29, 0.717) is 22.9 Å². The van der Waals surface area contributed by atoms with Gasteiger partial charge < -0.3 is 13.9 Å². The molecule has 7 heteroatoms. The van der Waals surface area contributed by atoms with Crippen LogP contribution in [0.3, 0.4) is 0 Å². The van der Waals surface area contributed by atoms with Crippen molar-refractivity contribution in [2.45, 2.75) is 0 Å². The normalized spacial score (nSPS) is 10.8. The van der Waals surface area contributed by atoms with Crippen molar-refractivity contribution in [1.82, 2.24) is 10.3 Å². The van der Waals surface area contributed by atoms with Gasteiger partial charge in [-0.2, -0.15) is 10.3 Å². The number of amidine groups is 1. The molecule has 3 aromatic rings. The minimum atomic E-state index is 0.0585. The number of hydrogen-bond donors (Lipinski definition) is 1. The highest BCUT2D eigenvalue weighted by atomic mass is 16.5. The molecule has 0 spiro atoms. The van der Waals surface area contributed by atoms with Crippen LogP contribution in [0, 0.1) is 11.5 Å². The van der Waals surface area contributed by atoms with Crippen molar-refractivity contribution in [1.29, 1.82) is 5.26 Å². The first-order chi connectivity index (χ1) is 12.3. The number of para-hydroxylation sites is 1. The second kappa shape index (κ2) is 7.66. The van der Waals surface area contributed by atoms with Gasteiger partial charge in [0.15, 0.2) is 18.3 Å². The van der Waals surface area contributed by atoms with Crippen LogP contribution in [-0.2, 0) is 0 Å². The van der Waals surface area contributed by atoms with E-state index in [0.717, 1.165) is 5.56 Å². The molecule has 1 heterocycles. The van der Waals surface area contributed by atoms with E-state index in [4.69, 9.17) is 19.2 Å². The lowest BCUT2D eigenvalue weighted by atomic mass is 10.1. The van der Waals surface area contributed by atoms with Gasteiger partial charge >= 0.3 is 6.02 Å². The quantitative estimate of drug-likeness (QED) is 0.340. The van der Waals surface area contributed by atoms with Crippen LogP contribution in [0.25, 0.3) is 11.3 Å². The number of ether oxygens (including phenoxy) is 2. The number of rotatable bonds is 4. The summed E-state index contributed by atoms with van der Waals surface area (Å²) in [5.41, 5.74) is 1.30. The maximum Gasteiger partial charge on any atom is 0.309 e. The molecule has 7 nitrogen and oxygen atoms in total. The summed E-state index contributed by atoms with van der Waals surface area (Å²) >= 11 is 0. The Morgan fingerprint density at radius 3 is 2.76 bits per heavy atom. The summed E-state index contributed by atoms with van der Waals surface area (Å²) in [6, 6.07) is 14.4. The molecular weight excluding hydrogens is 320 g/mol. The third-order valence-corrected chi connectivity index (χ3v) is 3.23. The fourth-order valence-corrected chi connectivity index (χ4v) is 2.14. The molecule has 0 saturated carbocycles. The number of hydrogen-bond acceptors (Lipinski definition) is 6. The zero-order valence-electron chi connectivity index (χ0n) is 13.3. The van der Waals surface area contributed by atoms with Crippen LogP contribution in [0.15, 0.2) is 70.5 Å². The van der Waals surface area contributed by atoms with Gasteiger partial charge in [-0.15, -0.1) is 0 Å². The molecule has 0 aliphatic heterocycles. The van der Waals surface area contributed by atoms with Gasteiger partial charge in [0.2, 0.25) is 0 Å². The van der Waals surface area contributed by atoms with E-state index in [2.05, 4.69) is 15.3 Å². The summed E-state index contributed by atoms with van der Waals surface area (Å²) < 4.78 is 16.3. The van der Waals surface area contributed by atoms with E-state index in [-0.39, 0.29) is 6.02 Å². The molecule has 0 bridgehead atoms. The number of aliphatic imine (C=N–C) groups is 1. The van der Waals surface area contributed by atoms with Crippen molar-refractivity contribution in [2.75, 3.05) is 7.11 Å². The third-order valence-electron chi connectivity index (χ3n) is 3.23. The second-order valence-electron chi connectivity index (χ2n) is 4.82. The monoisotopic (exact) mass is 334 g/mol. The van der Waals surface area contributed by atoms with Crippen molar-refractivity contribution in [2.24, 2.45) is 4.99 Å². The SMILES string of the molecule is COc1cc(/N=C(/NC#N)Oc2ccccc2)ccc1-c1cnco1. The molecule has 2 aromatic carbocycles. The van der Waals surface area contributed by atoms with E-state index in [1.54, 1.807) is 43.6 Å². The molecule has 0 unspecified atom stereocenters. The van der Waals surface area contributed by atoms with Crippen LogP contribution in [0.2, 0.25) is 0 Å². The molecule has 1 aromatic heterocycles. The Balaban J connectivity index is 1.91. The largest absolute Gasteiger partial charge is 0.496 e. The minimum absolute atomic E-state index is 0.0585. The van der Waals surface area contributed by atoms with Crippen LogP contribution >= 0.6 is 0 Å². The molecule has 0 aliphatic carbocycles. The standard InChI is InChI=1S/C18H14N4O3/c1-23-16-9-13(7-8-15(16)17-10-20-12-24-17)22-18(21-11-19)25-14-5-3-2-4-6-14/h2-10,12H,1H3,(H,21,22). The van der Waals surface area contributed by atoms with Crippen molar-refractivity contribution in [3.05, 3.63) is 61.1 Å². The minimum Gasteiger partial charge on any atom is -0.496 e. The Kier molecular flexibility index (Phi) is 4.93. The Morgan fingerprint density at radius 2 is 2.08 bits per heavy atom. The number of nitriles is 1. The number of nitrogens with zero attached hydrogens (tertiary/aromatic N) is 3. The van der Waals surface area contributed by atoms with Gasteiger partial charge in [0, 0.05) is 6.07 Å². The number of aromatic nitrogens is 1. The van der Waals surface area contributed by atoms with Crippen molar-refractivity contribution in [3.8, 4) is 29.0 Å². The van der Waals surface area contributed by atoms with E-state index >= 15 is 0 Å². The van der Waals surface area contributed by atoms with Gasteiger partial charge in [0.1, 0.15) is 11.5 Å². The maximum absolute atomic E-state index is 8.90. The highest BCUT2D eigenvalue weighted by Crippen LogP contribution is 2.33. The third kappa shape index (κ3) is 3.95. The molecule has 1 N–H and O–H groups in total. The lowest BCUT2D eigenvalue weighted by Crippen LogP contribution is -2.23. The first-order valence-corrected chi connectivity index (χ1v) is 7.34. The molecule has 0 aliphatic rings. The fraction of sp³-hybridized carbons (Fsp3) is 0.0556. The molecular formula is C18H14N4O3. The molecule has 0 amide bonds. The van der Waals surface area contributed by atoms with Gasteiger partial charge in [0.05, 0.1) is 24.6 Å². The van der Waals surface area contributed by atoms with Crippen molar-refractivity contribution < 1.29 is 13.9 Å². The van der Waals surface area contributed by atoms with Gasteiger partial charge in [-0.3, -0.25) is 0 Å². The van der Waals surface area contributed by atoms with Crippen LogP contribution in [-0.4, -0.2) is 18.1 Å². The summed E-state index contributed by atoms with van der Waals surface area (Å²) in [7, 11) is 1.55. The Labute approximate surface area is 144 Å². The molecule has 0 radical (unpaired) electrons. The van der Waals surface area contributed by atoms with Gasteiger partial charge in [-0.05, 0) is 24.3 Å². The predicted octanol–water partition coefficient (Wildman–Crippen LogP) is 3.49. The van der Waals surface area contributed by atoms with E-state index < -0.39 is 0 Å². The molecule has 3 rings (SSSR count). The lowest BCUT2D eigenvalue weighted by Gasteiger charge is -2.09. The molecule has 0 saturated heterocycles. The Morgan fingerprint density at radius 1 is 1.24 bits per heavy atom. The lowest BCUT2D eigenvalue weighted by molar-refractivity contribution is 0.414. The smallest absolute Gasteiger partial charge is 0.309 e. The first-order valence-electron chi connectivity index (χ1n) is 7.34. The van der Waals surface area contributed by atoms with E-state index in [9.17, 15) is 0 Å². The van der Waals surface area contributed by atoms with Crippen LogP contribution < -0.4 is 14.8 Å². The zero-order valence-corrected chi connectivity index (χ0v) is 13.3. The highest BCUT2D eigenvalue weighted by Gasteiger charge is 2.11. The van der Waals surface area contributed by atoms with Crippen LogP contribution in [0.5, 0.6) is 11.5 Å². The number of methoxy groups -OCH3 is 1. The van der Waals surface area contributed by atoms with Gasteiger partial charge in [0.25, 0.3) is 0 Å². The van der Waals surface area contributed by atoms with Crippen LogP contribution in [0.1, 0.15) is 0 Å². The fourth-order valence-electron chi connectivity index (χ4n) is 2.14. The van der Waals surface area contributed by atoms with E-state index in [1.165, 1.54) is 6.39 Å². The summed E-state index contributed by atoms with van der Waals surface area (Å²) in [6.45, 7) is 0. The Bertz CT molecular complexity index is 900. The first kappa shape index (κ1) is 16.1. The predicted molar refractivity (Wildman–Crippen MR) is 91.4 cm³/mol. The van der Waals surface area contributed by atoms with Gasteiger partial charge in [-0.25, -0.2) is 10.3 Å². The Hall–Kier alpha value is -3.79. The van der Waals surface area contributed by atoms with E-state index in [1.807, 2.05) is 24.4 Å². The summed E-state index contributed by atoms with van der Waals surface area (Å²) in [5.74, 6) is 1.71. The summed E-state index contributed by atoms with van der Waals surface area (Å²) in [6.07, 6.45) is 4.76. The second-order valence-corrected chi connectivity index (χ2v) is 4.82. The zero-order chi connectivity index (χ0) is 17.5. The maximum atomic E-state index is 8.90. The topological polar surface area (TPSA) is 92.7 Å².